The van der Waals surface area contributed by atoms with Crippen molar-refractivity contribution in [2.24, 2.45) is 0 Å². The molecule has 0 saturated carbocycles. The van der Waals surface area contributed by atoms with Gasteiger partial charge in [-0.15, -0.1) is 0 Å². The zero-order valence-corrected chi connectivity index (χ0v) is 12.3. The molecule has 0 aromatic carbocycles. The SMILES string of the molecule is Cc1cc(=O)c(O)c(CN2CCCCC2C)n1CCO. The van der Waals surface area contributed by atoms with Gasteiger partial charge in [-0.2, -0.15) is 0 Å². The van der Waals surface area contributed by atoms with Gasteiger partial charge in [0.05, 0.1) is 12.3 Å². The minimum atomic E-state index is -0.337. The number of rotatable bonds is 4. The molecule has 0 spiro atoms. The highest BCUT2D eigenvalue weighted by Crippen LogP contribution is 2.22. The summed E-state index contributed by atoms with van der Waals surface area (Å²) in [5.41, 5.74) is 1.07. The summed E-state index contributed by atoms with van der Waals surface area (Å²) in [6, 6.07) is 1.88. The number of pyridine rings is 1. The highest BCUT2D eigenvalue weighted by Gasteiger charge is 2.22. The molecule has 1 unspecified atom stereocenters. The second-order valence-electron chi connectivity index (χ2n) is 5.64. The van der Waals surface area contributed by atoms with Crippen molar-refractivity contribution >= 4 is 0 Å². The number of hydrogen-bond acceptors (Lipinski definition) is 4. The van der Waals surface area contributed by atoms with Crippen LogP contribution in [-0.2, 0) is 13.1 Å². The standard InChI is InChI=1S/C15H24N2O3/c1-11-5-3-4-6-16(11)10-13-15(20)14(19)9-12(2)17(13)7-8-18/h9,11,18,20H,3-8,10H2,1-2H3. The molecule has 1 aliphatic heterocycles. The van der Waals surface area contributed by atoms with E-state index < -0.39 is 0 Å². The lowest BCUT2D eigenvalue weighted by molar-refractivity contribution is 0.145. The third kappa shape index (κ3) is 3.04. The number of likely N-dealkylation sites (tertiary alicyclic amines) is 1. The molecule has 20 heavy (non-hydrogen) atoms. The van der Waals surface area contributed by atoms with Crippen LogP contribution in [0.3, 0.4) is 0 Å². The van der Waals surface area contributed by atoms with E-state index in [1.165, 1.54) is 12.5 Å². The first-order valence-electron chi connectivity index (χ1n) is 7.31. The highest BCUT2D eigenvalue weighted by atomic mass is 16.3. The Morgan fingerprint density at radius 2 is 2.15 bits per heavy atom. The summed E-state index contributed by atoms with van der Waals surface area (Å²) in [5, 5.41) is 19.3. The van der Waals surface area contributed by atoms with Gasteiger partial charge in [0.1, 0.15) is 0 Å². The molecule has 2 rings (SSSR count). The van der Waals surface area contributed by atoms with Crippen LogP contribution in [-0.4, -0.2) is 38.9 Å². The van der Waals surface area contributed by atoms with Crippen molar-refractivity contribution < 1.29 is 10.2 Å². The zero-order chi connectivity index (χ0) is 14.7. The van der Waals surface area contributed by atoms with Gasteiger partial charge < -0.3 is 14.8 Å². The fraction of sp³-hybridized carbons (Fsp3) is 0.667. The Morgan fingerprint density at radius 3 is 2.80 bits per heavy atom. The van der Waals surface area contributed by atoms with Crippen molar-refractivity contribution in [3.05, 3.63) is 27.7 Å². The van der Waals surface area contributed by atoms with Crippen LogP contribution in [0.2, 0.25) is 0 Å². The topological polar surface area (TPSA) is 65.7 Å². The predicted molar refractivity (Wildman–Crippen MR) is 77.9 cm³/mol. The van der Waals surface area contributed by atoms with E-state index in [-0.39, 0.29) is 17.8 Å². The number of aromatic nitrogens is 1. The minimum Gasteiger partial charge on any atom is -0.503 e. The lowest BCUT2D eigenvalue weighted by Crippen LogP contribution is -2.38. The Bertz CT molecular complexity index is 525. The molecule has 0 bridgehead atoms. The predicted octanol–water partition coefficient (Wildman–Crippen LogP) is 1.23. The van der Waals surface area contributed by atoms with Gasteiger partial charge in [0.2, 0.25) is 5.43 Å². The summed E-state index contributed by atoms with van der Waals surface area (Å²) >= 11 is 0. The normalized spacial score (nSPS) is 20.2. The van der Waals surface area contributed by atoms with Crippen molar-refractivity contribution in [2.45, 2.75) is 52.2 Å². The van der Waals surface area contributed by atoms with Crippen molar-refractivity contribution in [3.63, 3.8) is 0 Å². The number of nitrogens with zero attached hydrogens (tertiary/aromatic N) is 2. The monoisotopic (exact) mass is 280 g/mol. The largest absolute Gasteiger partial charge is 0.503 e. The molecule has 2 heterocycles. The van der Waals surface area contributed by atoms with E-state index in [2.05, 4.69) is 11.8 Å². The molecule has 2 N–H and O–H groups in total. The van der Waals surface area contributed by atoms with Crippen molar-refractivity contribution in [1.29, 1.82) is 0 Å². The maximum absolute atomic E-state index is 11.8. The highest BCUT2D eigenvalue weighted by molar-refractivity contribution is 5.30. The van der Waals surface area contributed by atoms with E-state index in [0.29, 0.717) is 24.8 Å². The number of aryl methyl sites for hydroxylation is 1. The Morgan fingerprint density at radius 1 is 1.40 bits per heavy atom. The van der Waals surface area contributed by atoms with E-state index >= 15 is 0 Å². The first kappa shape index (κ1) is 15.1. The number of piperidine rings is 1. The summed E-state index contributed by atoms with van der Waals surface area (Å²) in [7, 11) is 0. The van der Waals surface area contributed by atoms with Gasteiger partial charge in [0, 0.05) is 30.9 Å². The van der Waals surface area contributed by atoms with Crippen LogP contribution in [0.25, 0.3) is 0 Å². The van der Waals surface area contributed by atoms with E-state index in [1.807, 2.05) is 11.5 Å². The molecule has 1 fully saturated rings. The van der Waals surface area contributed by atoms with Crippen molar-refractivity contribution in [2.75, 3.05) is 13.2 Å². The van der Waals surface area contributed by atoms with Gasteiger partial charge in [0.15, 0.2) is 5.75 Å². The van der Waals surface area contributed by atoms with E-state index in [4.69, 9.17) is 0 Å². The summed E-state index contributed by atoms with van der Waals surface area (Å²) in [6.45, 7) is 5.95. The first-order valence-corrected chi connectivity index (χ1v) is 7.31. The Labute approximate surface area is 119 Å². The molecular weight excluding hydrogens is 256 g/mol. The average molecular weight is 280 g/mol. The summed E-state index contributed by atoms with van der Waals surface area (Å²) in [4.78, 5) is 14.1. The van der Waals surface area contributed by atoms with Crippen LogP contribution in [0, 0.1) is 6.92 Å². The fourth-order valence-electron chi connectivity index (χ4n) is 2.98. The van der Waals surface area contributed by atoms with Gasteiger partial charge in [-0.1, -0.05) is 6.42 Å². The van der Waals surface area contributed by atoms with Crippen molar-refractivity contribution in [3.8, 4) is 5.75 Å². The second kappa shape index (κ2) is 6.41. The molecule has 1 aliphatic rings. The molecule has 1 aromatic rings. The summed E-state index contributed by atoms with van der Waals surface area (Å²) < 4.78 is 1.85. The van der Waals surface area contributed by atoms with E-state index in [0.717, 1.165) is 25.1 Å². The molecular formula is C15H24N2O3. The molecule has 0 amide bonds. The lowest BCUT2D eigenvalue weighted by atomic mass is 10.0. The minimum absolute atomic E-state index is 0.00823. The number of aromatic hydroxyl groups is 1. The summed E-state index contributed by atoms with van der Waals surface area (Å²) in [6.07, 6.45) is 3.54. The Balaban J connectivity index is 2.35. The third-order valence-electron chi connectivity index (χ3n) is 4.22. The van der Waals surface area contributed by atoms with Gasteiger partial charge in [-0.25, -0.2) is 0 Å². The molecule has 0 radical (unpaired) electrons. The van der Waals surface area contributed by atoms with E-state index in [1.54, 1.807) is 0 Å². The van der Waals surface area contributed by atoms with Gasteiger partial charge in [-0.05, 0) is 33.2 Å². The number of aliphatic hydroxyl groups is 1. The zero-order valence-electron chi connectivity index (χ0n) is 12.3. The van der Waals surface area contributed by atoms with Crippen molar-refractivity contribution in [1.82, 2.24) is 9.47 Å². The lowest BCUT2D eigenvalue weighted by Gasteiger charge is -2.34. The van der Waals surface area contributed by atoms with Crippen LogP contribution >= 0.6 is 0 Å². The molecule has 1 saturated heterocycles. The van der Waals surface area contributed by atoms with E-state index in [9.17, 15) is 15.0 Å². The first-order chi connectivity index (χ1) is 9.54. The second-order valence-corrected chi connectivity index (χ2v) is 5.64. The number of hydrogen-bond donors (Lipinski definition) is 2. The molecule has 0 aliphatic carbocycles. The fourth-order valence-corrected chi connectivity index (χ4v) is 2.98. The Kier molecular flexibility index (Phi) is 4.83. The van der Waals surface area contributed by atoms with Crippen LogP contribution in [0.5, 0.6) is 5.75 Å². The number of aliphatic hydroxyl groups excluding tert-OH is 1. The third-order valence-corrected chi connectivity index (χ3v) is 4.22. The molecule has 112 valence electrons. The maximum atomic E-state index is 11.8. The molecule has 5 heteroatoms. The maximum Gasteiger partial charge on any atom is 0.223 e. The van der Waals surface area contributed by atoms with Gasteiger partial charge >= 0.3 is 0 Å². The molecule has 1 aromatic heterocycles. The van der Waals surface area contributed by atoms with Crippen LogP contribution in [0.15, 0.2) is 10.9 Å². The van der Waals surface area contributed by atoms with Crippen LogP contribution < -0.4 is 5.43 Å². The van der Waals surface area contributed by atoms with Crippen LogP contribution in [0.4, 0.5) is 0 Å². The van der Waals surface area contributed by atoms with Crippen LogP contribution in [0.1, 0.15) is 37.6 Å². The average Bonchev–Trinajstić information content (AvgIpc) is 2.42. The van der Waals surface area contributed by atoms with Gasteiger partial charge in [0.25, 0.3) is 0 Å². The smallest absolute Gasteiger partial charge is 0.223 e. The molecule has 5 nitrogen and oxygen atoms in total. The van der Waals surface area contributed by atoms with Gasteiger partial charge in [-0.3, -0.25) is 9.69 Å². The quantitative estimate of drug-likeness (QED) is 0.870. The molecule has 1 atom stereocenters. The Hall–Kier alpha value is -1.33. The summed E-state index contributed by atoms with van der Waals surface area (Å²) in [5.74, 6) is -0.179.